The van der Waals surface area contributed by atoms with E-state index in [1.165, 1.54) is 5.56 Å². The Kier molecular flexibility index (Phi) is 5.65. The van der Waals surface area contributed by atoms with Crippen molar-refractivity contribution in [1.29, 1.82) is 0 Å². The van der Waals surface area contributed by atoms with Crippen LogP contribution in [0.3, 0.4) is 0 Å². The molecule has 1 amide bonds. The van der Waals surface area contributed by atoms with Crippen LogP contribution >= 0.6 is 0 Å². The minimum atomic E-state index is -0.0153. The minimum Gasteiger partial charge on any atom is -0.491 e. The Hall–Kier alpha value is -1.55. The molecule has 0 heterocycles. The van der Waals surface area contributed by atoms with Crippen molar-refractivity contribution < 1.29 is 9.53 Å². The molecule has 0 aromatic heterocycles. The standard InChI is InChI=1S/C14H22N2O2/c1-10-7-11(2)14(12(3)8-10)18-6-5-16-13(17)9-15-4/h7-8,15H,5-6,9H2,1-4H3,(H,16,17). The second-order valence-corrected chi connectivity index (χ2v) is 4.46. The van der Waals surface area contributed by atoms with Crippen LogP contribution in [0.25, 0.3) is 0 Å². The number of rotatable bonds is 6. The molecular weight excluding hydrogens is 228 g/mol. The highest BCUT2D eigenvalue weighted by Gasteiger charge is 2.05. The molecule has 4 nitrogen and oxygen atoms in total. The maximum absolute atomic E-state index is 11.2. The first-order valence-electron chi connectivity index (χ1n) is 6.16. The smallest absolute Gasteiger partial charge is 0.234 e. The quantitative estimate of drug-likeness (QED) is 0.749. The van der Waals surface area contributed by atoms with Crippen molar-refractivity contribution in [1.82, 2.24) is 10.6 Å². The molecule has 0 saturated carbocycles. The summed E-state index contributed by atoms with van der Waals surface area (Å²) in [5.74, 6) is 0.905. The van der Waals surface area contributed by atoms with Gasteiger partial charge < -0.3 is 15.4 Å². The van der Waals surface area contributed by atoms with E-state index < -0.39 is 0 Å². The lowest BCUT2D eigenvalue weighted by Gasteiger charge is -2.13. The molecule has 0 spiro atoms. The highest BCUT2D eigenvalue weighted by molar-refractivity contribution is 5.77. The molecule has 0 bridgehead atoms. The van der Waals surface area contributed by atoms with Gasteiger partial charge in [0.15, 0.2) is 0 Å². The van der Waals surface area contributed by atoms with Gasteiger partial charge in [0.1, 0.15) is 12.4 Å². The number of nitrogens with one attached hydrogen (secondary N) is 2. The van der Waals surface area contributed by atoms with E-state index in [-0.39, 0.29) is 5.91 Å². The lowest BCUT2D eigenvalue weighted by molar-refractivity contribution is -0.120. The Morgan fingerprint density at radius 3 is 2.39 bits per heavy atom. The minimum absolute atomic E-state index is 0.0153. The summed E-state index contributed by atoms with van der Waals surface area (Å²) in [7, 11) is 1.75. The summed E-state index contributed by atoms with van der Waals surface area (Å²) in [5.41, 5.74) is 3.50. The predicted octanol–water partition coefficient (Wildman–Crippen LogP) is 1.33. The normalized spacial score (nSPS) is 10.2. The fraction of sp³-hybridized carbons (Fsp3) is 0.500. The average molecular weight is 250 g/mol. The van der Waals surface area contributed by atoms with Crippen LogP contribution in [0.5, 0.6) is 5.75 Å². The average Bonchev–Trinajstić information content (AvgIpc) is 2.27. The number of carbonyl (C=O) groups is 1. The molecule has 1 rings (SSSR count). The second-order valence-electron chi connectivity index (χ2n) is 4.46. The van der Waals surface area contributed by atoms with Gasteiger partial charge in [0.2, 0.25) is 5.91 Å². The summed E-state index contributed by atoms with van der Waals surface area (Å²) in [6.07, 6.45) is 0. The highest BCUT2D eigenvalue weighted by atomic mass is 16.5. The summed E-state index contributed by atoms with van der Waals surface area (Å²) in [6, 6.07) is 4.20. The monoisotopic (exact) mass is 250 g/mol. The highest BCUT2D eigenvalue weighted by Crippen LogP contribution is 2.24. The molecular formula is C14H22N2O2. The molecule has 0 radical (unpaired) electrons. The van der Waals surface area contributed by atoms with Gasteiger partial charge in [-0.25, -0.2) is 0 Å². The molecule has 0 aliphatic heterocycles. The van der Waals surface area contributed by atoms with Gasteiger partial charge in [-0.1, -0.05) is 17.7 Å². The lowest BCUT2D eigenvalue weighted by atomic mass is 10.1. The third-order valence-corrected chi connectivity index (χ3v) is 2.61. The number of amides is 1. The summed E-state index contributed by atoms with van der Waals surface area (Å²) in [4.78, 5) is 11.2. The molecule has 100 valence electrons. The van der Waals surface area contributed by atoms with Crippen LogP contribution in [-0.2, 0) is 4.79 Å². The van der Waals surface area contributed by atoms with Crippen LogP contribution in [0.2, 0.25) is 0 Å². The van der Waals surface area contributed by atoms with Crippen LogP contribution < -0.4 is 15.4 Å². The Balaban J connectivity index is 2.42. The summed E-state index contributed by atoms with van der Waals surface area (Å²) >= 11 is 0. The zero-order valence-electron chi connectivity index (χ0n) is 11.6. The molecule has 0 aliphatic rings. The van der Waals surface area contributed by atoms with Crippen LogP contribution in [0.15, 0.2) is 12.1 Å². The van der Waals surface area contributed by atoms with Gasteiger partial charge in [-0.3, -0.25) is 4.79 Å². The van der Waals surface area contributed by atoms with Crippen molar-refractivity contribution in [2.24, 2.45) is 0 Å². The maximum Gasteiger partial charge on any atom is 0.234 e. The summed E-state index contributed by atoms with van der Waals surface area (Å²) in [6.45, 7) is 7.49. The van der Waals surface area contributed by atoms with Crippen molar-refractivity contribution in [2.45, 2.75) is 20.8 Å². The molecule has 1 aromatic rings. The number of hydrogen-bond acceptors (Lipinski definition) is 3. The fourth-order valence-electron chi connectivity index (χ4n) is 1.96. The Morgan fingerprint density at radius 2 is 1.83 bits per heavy atom. The first-order valence-corrected chi connectivity index (χ1v) is 6.16. The molecule has 4 heteroatoms. The molecule has 0 saturated heterocycles. The second kappa shape index (κ2) is 7.01. The molecule has 1 aromatic carbocycles. The van der Waals surface area contributed by atoms with E-state index in [1.54, 1.807) is 7.05 Å². The number of ether oxygens (including phenoxy) is 1. The predicted molar refractivity (Wildman–Crippen MR) is 73.1 cm³/mol. The van der Waals surface area contributed by atoms with Crippen molar-refractivity contribution >= 4 is 5.91 Å². The van der Waals surface area contributed by atoms with Crippen LogP contribution in [0.4, 0.5) is 0 Å². The fourth-order valence-corrected chi connectivity index (χ4v) is 1.96. The SMILES string of the molecule is CNCC(=O)NCCOc1c(C)cc(C)cc1C. The summed E-state index contributed by atoms with van der Waals surface area (Å²) in [5, 5.41) is 5.58. The largest absolute Gasteiger partial charge is 0.491 e. The third kappa shape index (κ3) is 4.37. The Bertz CT molecular complexity index is 393. The van der Waals surface area contributed by atoms with E-state index in [9.17, 15) is 4.79 Å². The topological polar surface area (TPSA) is 50.4 Å². The van der Waals surface area contributed by atoms with Crippen molar-refractivity contribution in [3.05, 3.63) is 28.8 Å². The van der Waals surface area contributed by atoms with E-state index in [2.05, 4.69) is 29.7 Å². The maximum atomic E-state index is 11.2. The number of hydrogen-bond donors (Lipinski definition) is 2. The molecule has 0 aliphatic carbocycles. The third-order valence-electron chi connectivity index (χ3n) is 2.61. The number of carbonyl (C=O) groups excluding carboxylic acids is 1. The summed E-state index contributed by atoms with van der Waals surface area (Å²) < 4.78 is 5.72. The van der Waals surface area contributed by atoms with Gasteiger partial charge in [0.25, 0.3) is 0 Å². The van der Waals surface area contributed by atoms with Gasteiger partial charge in [-0.15, -0.1) is 0 Å². The number of benzene rings is 1. The van der Waals surface area contributed by atoms with Gasteiger partial charge >= 0.3 is 0 Å². The number of likely N-dealkylation sites (N-methyl/N-ethyl adjacent to an activating group) is 1. The van der Waals surface area contributed by atoms with E-state index >= 15 is 0 Å². The Labute approximate surface area is 109 Å². The van der Waals surface area contributed by atoms with E-state index in [0.717, 1.165) is 16.9 Å². The van der Waals surface area contributed by atoms with Crippen LogP contribution in [-0.4, -0.2) is 32.7 Å². The molecule has 18 heavy (non-hydrogen) atoms. The van der Waals surface area contributed by atoms with Crippen molar-refractivity contribution in [2.75, 3.05) is 26.7 Å². The van der Waals surface area contributed by atoms with Crippen molar-refractivity contribution in [3.8, 4) is 5.75 Å². The van der Waals surface area contributed by atoms with Crippen LogP contribution in [0, 0.1) is 20.8 Å². The van der Waals surface area contributed by atoms with E-state index in [1.807, 2.05) is 13.8 Å². The first kappa shape index (κ1) is 14.5. The molecule has 2 N–H and O–H groups in total. The zero-order valence-corrected chi connectivity index (χ0v) is 11.6. The molecule has 0 atom stereocenters. The van der Waals surface area contributed by atoms with Gasteiger partial charge in [-0.05, 0) is 38.9 Å². The molecule has 0 unspecified atom stereocenters. The lowest BCUT2D eigenvalue weighted by Crippen LogP contribution is -2.34. The molecule has 0 fully saturated rings. The first-order chi connectivity index (χ1) is 8.54. The van der Waals surface area contributed by atoms with Gasteiger partial charge in [0.05, 0.1) is 13.1 Å². The Morgan fingerprint density at radius 1 is 1.22 bits per heavy atom. The van der Waals surface area contributed by atoms with Gasteiger partial charge in [-0.2, -0.15) is 0 Å². The van der Waals surface area contributed by atoms with Crippen LogP contribution in [0.1, 0.15) is 16.7 Å². The zero-order chi connectivity index (χ0) is 13.5. The van der Waals surface area contributed by atoms with E-state index in [0.29, 0.717) is 19.7 Å². The van der Waals surface area contributed by atoms with Gasteiger partial charge in [0, 0.05) is 0 Å². The van der Waals surface area contributed by atoms with Crippen molar-refractivity contribution in [3.63, 3.8) is 0 Å². The van der Waals surface area contributed by atoms with E-state index in [4.69, 9.17) is 4.74 Å². The number of aryl methyl sites for hydroxylation is 3.